The van der Waals surface area contributed by atoms with Crippen LogP contribution in [0.25, 0.3) is 0 Å². The first-order valence-electron chi connectivity index (χ1n) is 7.39. The Balaban J connectivity index is 2.07. The van der Waals surface area contributed by atoms with Crippen LogP contribution >= 0.6 is 0 Å². The number of benzene rings is 1. The molecule has 1 aromatic carbocycles. The van der Waals surface area contributed by atoms with Crippen LogP contribution in [0.1, 0.15) is 30.1 Å². The molecule has 110 valence electrons. The number of carbonyl (C=O) groups is 1. The van der Waals surface area contributed by atoms with E-state index in [1.807, 2.05) is 36.1 Å². The Morgan fingerprint density at radius 3 is 2.90 bits per heavy atom. The van der Waals surface area contributed by atoms with Gasteiger partial charge in [0.25, 0.3) is 5.91 Å². The van der Waals surface area contributed by atoms with E-state index in [0.717, 1.165) is 26.2 Å². The summed E-state index contributed by atoms with van der Waals surface area (Å²) in [5.74, 6) is 1.27. The molecule has 20 heavy (non-hydrogen) atoms. The molecule has 1 aliphatic heterocycles. The van der Waals surface area contributed by atoms with E-state index >= 15 is 0 Å². The third-order valence-corrected chi connectivity index (χ3v) is 3.88. The highest BCUT2D eigenvalue weighted by Gasteiger charge is 2.22. The quantitative estimate of drug-likeness (QED) is 0.896. The minimum absolute atomic E-state index is 0.0653. The van der Waals surface area contributed by atoms with Crippen molar-refractivity contribution in [3.8, 4) is 5.75 Å². The smallest absolute Gasteiger partial charge is 0.257 e. The maximum absolute atomic E-state index is 12.7. The average Bonchev–Trinajstić information content (AvgIpc) is 2.53. The Morgan fingerprint density at radius 1 is 1.45 bits per heavy atom. The zero-order valence-corrected chi connectivity index (χ0v) is 12.4. The van der Waals surface area contributed by atoms with Gasteiger partial charge in [-0.1, -0.05) is 12.1 Å². The van der Waals surface area contributed by atoms with E-state index < -0.39 is 0 Å². The minimum atomic E-state index is 0.0653. The molecule has 1 amide bonds. The second kappa shape index (κ2) is 7.29. The third-order valence-electron chi connectivity index (χ3n) is 3.88. The fourth-order valence-corrected chi connectivity index (χ4v) is 2.74. The number of rotatable bonds is 5. The van der Waals surface area contributed by atoms with Crippen LogP contribution in [0.15, 0.2) is 24.3 Å². The van der Waals surface area contributed by atoms with Crippen molar-refractivity contribution < 1.29 is 9.53 Å². The van der Waals surface area contributed by atoms with Gasteiger partial charge in [-0.15, -0.1) is 0 Å². The minimum Gasteiger partial charge on any atom is -0.496 e. The summed E-state index contributed by atoms with van der Waals surface area (Å²) in [5.41, 5.74) is 0.653. The molecule has 4 nitrogen and oxygen atoms in total. The highest BCUT2D eigenvalue weighted by molar-refractivity contribution is 5.96. The van der Waals surface area contributed by atoms with Crippen molar-refractivity contribution in [3.63, 3.8) is 0 Å². The number of nitrogens with zero attached hydrogens (tertiary/aromatic N) is 1. The summed E-state index contributed by atoms with van der Waals surface area (Å²) in [7, 11) is 1.60. The van der Waals surface area contributed by atoms with Crippen LogP contribution in [0.2, 0.25) is 0 Å². The van der Waals surface area contributed by atoms with Gasteiger partial charge in [-0.25, -0.2) is 0 Å². The number of nitrogens with one attached hydrogen (secondary N) is 1. The predicted octanol–water partition coefficient (Wildman–Crippen LogP) is 2.16. The number of hydrogen-bond donors (Lipinski definition) is 1. The Bertz CT molecular complexity index is 442. The second-order valence-electron chi connectivity index (χ2n) is 5.26. The van der Waals surface area contributed by atoms with Crippen molar-refractivity contribution in [1.82, 2.24) is 10.2 Å². The van der Waals surface area contributed by atoms with Crippen molar-refractivity contribution in [3.05, 3.63) is 29.8 Å². The summed E-state index contributed by atoms with van der Waals surface area (Å²) < 4.78 is 5.29. The number of piperidine rings is 1. The van der Waals surface area contributed by atoms with Gasteiger partial charge in [0, 0.05) is 13.1 Å². The van der Waals surface area contributed by atoms with Gasteiger partial charge in [0.15, 0.2) is 0 Å². The van der Waals surface area contributed by atoms with E-state index in [9.17, 15) is 4.79 Å². The molecule has 0 aromatic heterocycles. The van der Waals surface area contributed by atoms with E-state index in [-0.39, 0.29) is 5.91 Å². The van der Waals surface area contributed by atoms with Gasteiger partial charge in [-0.2, -0.15) is 0 Å². The number of hydrogen-bond acceptors (Lipinski definition) is 3. The molecule has 1 unspecified atom stereocenters. The second-order valence-corrected chi connectivity index (χ2v) is 5.26. The Hall–Kier alpha value is -1.55. The lowest BCUT2D eigenvalue weighted by Gasteiger charge is -2.29. The summed E-state index contributed by atoms with van der Waals surface area (Å²) >= 11 is 0. The Kier molecular flexibility index (Phi) is 5.41. The molecule has 0 aliphatic carbocycles. The van der Waals surface area contributed by atoms with Gasteiger partial charge in [0.05, 0.1) is 12.7 Å². The van der Waals surface area contributed by atoms with Gasteiger partial charge in [0.1, 0.15) is 5.75 Å². The number of ether oxygens (including phenoxy) is 1. The molecule has 1 atom stereocenters. The normalized spacial score (nSPS) is 18.6. The number of para-hydroxylation sites is 1. The summed E-state index contributed by atoms with van der Waals surface area (Å²) in [6.45, 7) is 5.69. The van der Waals surface area contributed by atoms with Crippen LogP contribution in [0, 0.1) is 5.92 Å². The zero-order chi connectivity index (χ0) is 14.4. The predicted molar refractivity (Wildman–Crippen MR) is 80.2 cm³/mol. The first kappa shape index (κ1) is 14.9. The highest BCUT2D eigenvalue weighted by atomic mass is 16.5. The van der Waals surface area contributed by atoms with E-state index in [1.165, 1.54) is 12.8 Å². The van der Waals surface area contributed by atoms with Crippen LogP contribution in [-0.4, -0.2) is 44.1 Å². The van der Waals surface area contributed by atoms with Crippen molar-refractivity contribution in [2.24, 2.45) is 5.92 Å². The SMILES string of the molecule is CCN(CC1CCCNC1)C(=O)c1ccccc1OC. The number of amides is 1. The van der Waals surface area contributed by atoms with Gasteiger partial charge in [-0.05, 0) is 50.9 Å². The van der Waals surface area contributed by atoms with Crippen molar-refractivity contribution in [1.29, 1.82) is 0 Å². The molecule has 0 bridgehead atoms. The molecule has 0 saturated carbocycles. The summed E-state index contributed by atoms with van der Waals surface area (Å²) in [6.07, 6.45) is 2.40. The van der Waals surface area contributed by atoms with Crippen LogP contribution in [0.4, 0.5) is 0 Å². The molecule has 1 heterocycles. The van der Waals surface area contributed by atoms with Gasteiger partial charge >= 0.3 is 0 Å². The van der Waals surface area contributed by atoms with Gasteiger partial charge in [0.2, 0.25) is 0 Å². The fourth-order valence-electron chi connectivity index (χ4n) is 2.74. The molecule has 1 aromatic rings. The molecule has 0 radical (unpaired) electrons. The molecule has 0 spiro atoms. The highest BCUT2D eigenvalue weighted by Crippen LogP contribution is 2.20. The van der Waals surface area contributed by atoms with Crippen LogP contribution in [0.5, 0.6) is 5.75 Å². The standard InChI is InChI=1S/C16H24N2O2/c1-3-18(12-13-7-6-10-17-11-13)16(19)14-8-4-5-9-15(14)20-2/h4-5,8-9,13,17H,3,6-7,10-12H2,1-2H3. The van der Waals surface area contributed by atoms with Crippen molar-refractivity contribution in [2.45, 2.75) is 19.8 Å². The summed E-state index contributed by atoms with van der Waals surface area (Å²) in [5, 5.41) is 3.40. The molecule has 2 rings (SSSR count). The van der Waals surface area contributed by atoms with Crippen molar-refractivity contribution >= 4 is 5.91 Å². The van der Waals surface area contributed by atoms with Gasteiger partial charge < -0.3 is 15.0 Å². The summed E-state index contributed by atoms with van der Waals surface area (Å²) in [6, 6.07) is 7.44. The lowest BCUT2D eigenvalue weighted by molar-refractivity contribution is 0.0725. The van der Waals surface area contributed by atoms with Gasteiger partial charge in [-0.3, -0.25) is 4.79 Å². The van der Waals surface area contributed by atoms with Crippen LogP contribution in [0.3, 0.4) is 0 Å². The molecule has 1 N–H and O–H groups in total. The van der Waals surface area contributed by atoms with E-state index in [2.05, 4.69) is 5.32 Å². The van der Waals surface area contributed by atoms with E-state index in [0.29, 0.717) is 17.2 Å². The maximum Gasteiger partial charge on any atom is 0.257 e. The molecular weight excluding hydrogens is 252 g/mol. The van der Waals surface area contributed by atoms with Crippen LogP contribution < -0.4 is 10.1 Å². The molecule has 4 heteroatoms. The lowest BCUT2D eigenvalue weighted by Crippen LogP contribution is -2.41. The molecule has 1 saturated heterocycles. The first-order chi connectivity index (χ1) is 9.76. The van der Waals surface area contributed by atoms with Crippen LogP contribution in [-0.2, 0) is 0 Å². The number of methoxy groups -OCH3 is 1. The molecule has 1 aliphatic rings. The molecular formula is C16H24N2O2. The third kappa shape index (κ3) is 3.51. The lowest BCUT2D eigenvalue weighted by atomic mass is 9.98. The first-order valence-corrected chi connectivity index (χ1v) is 7.39. The van der Waals surface area contributed by atoms with E-state index in [4.69, 9.17) is 4.74 Å². The summed E-state index contributed by atoms with van der Waals surface area (Å²) in [4.78, 5) is 14.6. The Labute approximate surface area is 121 Å². The monoisotopic (exact) mass is 276 g/mol. The topological polar surface area (TPSA) is 41.6 Å². The average molecular weight is 276 g/mol. The Morgan fingerprint density at radius 2 is 2.25 bits per heavy atom. The maximum atomic E-state index is 12.7. The fraction of sp³-hybridized carbons (Fsp3) is 0.562. The molecule has 1 fully saturated rings. The largest absolute Gasteiger partial charge is 0.496 e. The van der Waals surface area contributed by atoms with Crippen molar-refractivity contribution in [2.75, 3.05) is 33.3 Å². The van der Waals surface area contributed by atoms with E-state index in [1.54, 1.807) is 7.11 Å². The zero-order valence-electron chi connectivity index (χ0n) is 12.4. The number of carbonyl (C=O) groups excluding carboxylic acids is 1.